The number of aromatic nitrogens is 1. The molecular formula is C14H16N4O. The number of carbonyl (C=O) groups excluding carboxylic acids is 1. The second-order valence-corrected chi connectivity index (χ2v) is 4.85. The van der Waals surface area contributed by atoms with E-state index >= 15 is 0 Å². The van der Waals surface area contributed by atoms with Gasteiger partial charge in [-0.2, -0.15) is 0 Å². The first kappa shape index (κ1) is 12.1. The fraction of sp³-hybridized carbons (Fsp3) is 0.286. The van der Waals surface area contributed by atoms with Gasteiger partial charge in [-0.3, -0.25) is 15.2 Å². The largest absolute Gasteiger partial charge is 0.323 e. The molecule has 1 saturated heterocycles. The lowest BCUT2D eigenvalue weighted by Crippen LogP contribution is -2.40. The van der Waals surface area contributed by atoms with Gasteiger partial charge in [0.2, 0.25) is 5.91 Å². The van der Waals surface area contributed by atoms with Crippen LogP contribution in [-0.2, 0) is 4.79 Å². The number of pyridine rings is 1. The average molecular weight is 256 g/mol. The number of hydrazine groups is 1. The van der Waals surface area contributed by atoms with Crippen LogP contribution in [0.25, 0.3) is 10.9 Å². The Bertz CT molecular complexity index is 608. The topological polar surface area (TPSA) is 66.0 Å². The lowest BCUT2D eigenvalue weighted by atomic mass is 10.1. The minimum absolute atomic E-state index is 0.0324. The Labute approximate surface area is 111 Å². The summed E-state index contributed by atoms with van der Waals surface area (Å²) in [6.45, 7) is 2.04. The van der Waals surface area contributed by atoms with Crippen molar-refractivity contribution in [1.29, 1.82) is 0 Å². The predicted molar refractivity (Wildman–Crippen MR) is 74.5 cm³/mol. The van der Waals surface area contributed by atoms with Crippen LogP contribution in [0, 0.1) is 0 Å². The molecule has 5 nitrogen and oxygen atoms in total. The van der Waals surface area contributed by atoms with Crippen LogP contribution in [0.15, 0.2) is 36.5 Å². The van der Waals surface area contributed by atoms with Crippen LogP contribution in [0.5, 0.6) is 0 Å². The highest BCUT2D eigenvalue weighted by molar-refractivity contribution is 6.02. The van der Waals surface area contributed by atoms with E-state index in [1.807, 2.05) is 37.3 Å². The van der Waals surface area contributed by atoms with Gasteiger partial charge >= 0.3 is 0 Å². The maximum absolute atomic E-state index is 12.2. The normalized spacial score (nSPS) is 22.6. The minimum atomic E-state index is -0.200. The number of nitrogens with one attached hydrogen (secondary N) is 3. The molecule has 1 aromatic heterocycles. The molecule has 0 spiro atoms. The number of carbonyl (C=O) groups is 1. The molecule has 3 N–H and O–H groups in total. The van der Waals surface area contributed by atoms with E-state index in [4.69, 9.17) is 0 Å². The van der Waals surface area contributed by atoms with Crippen LogP contribution < -0.4 is 16.2 Å². The molecule has 1 amide bonds. The van der Waals surface area contributed by atoms with Crippen molar-refractivity contribution in [3.05, 3.63) is 36.5 Å². The average Bonchev–Trinajstić information content (AvgIpc) is 2.86. The van der Waals surface area contributed by atoms with Gasteiger partial charge in [-0.15, -0.1) is 0 Å². The van der Waals surface area contributed by atoms with Crippen molar-refractivity contribution >= 4 is 22.5 Å². The molecule has 1 aromatic carbocycles. The molecule has 2 unspecified atom stereocenters. The third kappa shape index (κ3) is 2.43. The van der Waals surface area contributed by atoms with Crippen LogP contribution >= 0.6 is 0 Å². The number of nitrogens with zero attached hydrogens (tertiary/aromatic N) is 1. The van der Waals surface area contributed by atoms with Crippen molar-refractivity contribution < 1.29 is 4.79 Å². The highest BCUT2D eigenvalue weighted by Crippen LogP contribution is 2.21. The summed E-state index contributed by atoms with van der Waals surface area (Å²) in [6.07, 6.45) is 2.51. The molecule has 5 heteroatoms. The van der Waals surface area contributed by atoms with E-state index in [1.165, 1.54) is 0 Å². The first-order valence-electron chi connectivity index (χ1n) is 6.40. The number of anilines is 1. The maximum atomic E-state index is 12.2. The summed E-state index contributed by atoms with van der Waals surface area (Å²) in [5, 5.41) is 3.96. The van der Waals surface area contributed by atoms with Gasteiger partial charge in [0.25, 0.3) is 0 Å². The van der Waals surface area contributed by atoms with Gasteiger partial charge in [-0.1, -0.05) is 18.2 Å². The Morgan fingerprint density at radius 2 is 2.16 bits per heavy atom. The fourth-order valence-corrected chi connectivity index (χ4v) is 2.31. The summed E-state index contributed by atoms with van der Waals surface area (Å²) in [5.41, 5.74) is 7.61. The first-order chi connectivity index (χ1) is 9.24. The number of fused-ring (bicyclic) bond motifs is 1. The van der Waals surface area contributed by atoms with Gasteiger partial charge in [0, 0.05) is 17.6 Å². The molecule has 0 saturated carbocycles. The monoisotopic (exact) mass is 256 g/mol. The standard InChI is InChI=1S/C14H16N4O/c1-9-8-12(18-17-9)14(19)16-11-6-2-4-10-5-3-7-15-13(10)11/h2-7,9,12,17-18H,8H2,1H3,(H,16,19). The third-order valence-corrected chi connectivity index (χ3v) is 3.30. The molecule has 1 aliphatic rings. The summed E-state index contributed by atoms with van der Waals surface area (Å²) in [7, 11) is 0. The Balaban J connectivity index is 1.83. The molecule has 0 aliphatic carbocycles. The highest BCUT2D eigenvalue weighted by atomic mass is 16.2. The molecule has 0 bridgehead atoms. The van der Waals surface area contributed by atoms with Crippen molar-refractivity contribution in [2.75, 3.05) is 5.32 Å². The Kier molecular flexibility index (Phi) is 3.15. The number of benzene rings is 1. The van der Waals surface area contributed by atoms with Crippen molar-refractivity contribution in [2.45, 2.75) is 25.4 Å². The Hall–Kier alpha value is -1.98. The van der Waals surface area contributed by atoms with Crippen molar-refractivity contribution in [3.8, 4) is 0 Å². The quantitative estimate of drug-likeness (QED) is 0.760. The zero-order valence-electron chi connectivity index (χ0n) is 10.7. The van der Waals surface area contributed by atoms with Crippen LogP contribution in [0.1, 0.15) is 13.3 Å². The zero-order chi connectivity index (χ0) is 13.2. The van der Waals surface area contributed by atoms with Crippen LogP contribution in [0.2, 0.25) is 0 Å². The number of hydrogen-bond donors (Lipinski definition) is 3. The molecule has 3 rings (SSSR count). The molecule has 98 valence electrons. The molecule has 0 radical (unpaired) electrons. The van der Waals surface area contributed by atoms with Gasteiger partial charge < -0.3 is 5.32 Å². The number of rotatable bonds is 2. The van der Waals surface area contributed by atoms with E-state index < -0.39 is 0 Å². The number of amides is 1. The van der Waals surface area contributed by atoms with E-state index in [1.54, 1.807) is 6.20 Å². The van der Waals surface area contributed by atoms with Crippen molar-refractivity contribution in [1.82, 2.24) is 15.8 Å². The lowest BCUT2D eigenvalue weighted by Gasteiger charge is -2.11. The molecule has 2 heterocycles. The molecule has 1 aliphatic heterocycles. The van der Waals surface area contributed by atoms with Crippen LogP contribution in [-0.4, -0.2) is 23.0 Å². The van der Waals surface area contributed by atoms with Gasteiger partial charge in [-0.25, -0.2) is 5.43 Å². The number of hydrogen-bond acceptors (Lipinski definition) is 4. The highest BCUT2D eigenvalue weighted by Gasteiger charge is 2.26. The molecule has 19 heavy (non-hydrogen) atoms. The van der Waals surface area contributed by atoms with Gasteiger partial charge in [-0.05, 0) is 25.5 Å². The molecule has 2 atom stereocenters. The smallest absolute Gasteiger partial charge is 0.242 e. The summed E-state index contributed by atoms with van der Waals surface area (Å²) < 4.78 is 0. The Morgan fingerprint density at radius 1 is 1.32 bits per heavy atom. The lowest BCUT2D eigenvalue weighted by molar-refractivity contribution is -0.117. The molecular weight excluding hydrogens is 240 g/mol. The second kappa shape index (κ2) is 4.95. The molecule has 2 aromatic rings. The van der Waals surface area contributed by atoms with E-state index in [0.717, 1.165) is 23.0 Å². The third-order valence-electron chi connectivity index (χ3n) is 3.30. The summed E-state index contributed by atoms with van der Waals surface area (Å²) in [4.78, 5) is 16.5. The zero-order valence-corrected chi connectivity index (χ0v) is 10.7. The fourth-order valence-electron chi connectivity index (χ4n) is 2.31. The van der Waals surface area contributed by atoms with Crippen LogP contribution in [0.3, 0.4) is 0 Å². The maximum Gasteiger partial charge on any atom is 0.242 e. The second-order valence-electron chi connectivity index (χ2n) is 4.85. The van der Waals surface area contributed by atoms with Crippen molar-refractivity contribution in [3.63, 3.8) is 0 Å². The first-order valence-corrected chi connectivity index (χ1v) is 6.40. The predicted octanol–water partition coefficient (Wildman–Crippen LogP) is 1.43. The summed E-state index contributed by atoms with van der Waals surface area (Å²) in [6, 6.07) is 9.75. The Morgan fingerprint density at radius 3 is 2.95 bits per heavy atom. The number of para-hydroxylation sites is 1. The SMILES string of the molecule is CC1CC(C(=O)Nc2cccc3cccnc23)NN1. The summed E-state index contributed by atoms with van der Waals surface area (Å²) in [5.74, 6) is -0.0324. The van der Waals surface area contributed by atoms with E-state index in [2.05, 4.69) is 21.2 Å². The van der Waals surface area contributed by atoms with Crippen molar-refractivity contribution in [2.24, 2.45) is 0 Å². The van der Waals surface area contributed by atoms with E-state index in [-0.39, 0.29) is 11.9 Å². The summed E-state index contributed by atoms with van der Waals surface area (Å²) >= 11 is 0. The van der Waals surface area contributed by atoms with Gasteiger partial charge in [0.1, 0.15) is 6.04 Å². The minimum Gasteiger partial charge on any atom is -0.323 e. The van der Waals surface area contributed by atoms with Crippen LogP contribution in [0.4, 0.5) is 5.69 Å². The van der Waals surface area contributed by atoms with Gasteiger partial charge in [0.05, 0.1) is 11.2 Å². The van der Waals surface area contributed by atoms with E-state index in [9.17, 15) is 4.79 Å². The van der Waals surface area contributed by atoms with E-state index in [0.29, 0.717) is 6.04 Å². The molecule has 1 fully saturated rings. The van der Waals surface area contributed by atoms with Gasteiger partial charge in [0.15, 0.2) is 0 Å².